The number of fused-ring (bicyclic) bond motifs is 4. The summed E-state index contributed by atoms with van der Waals surface area (Å²) in [4.78, 5) is 4.67. The third kappa shape index (κ3) is 2.51. The summed E-state index contributed by atoms with van der Waals surface area (Å²) in [5.74, 6) is 2.75. The molecule has 0 saturated carbocycles. The quantitative estimate of drug-likeness (QED) is 0.442. The molecule has 3 aromatic rings. The fourth-order valence-corrected chi connectivity index (χ4v) is 6.85. The van der Waals surface area contributed by atoms with Gasteiger partial charge in [0.15, 0.2) is 0 Å². The monoisotopic (exact) mass is 397 g/mol. The zero-order chi connectivity index (χ0) is 20.3. The molecule has 3 nitrogen and oxygen atoms in total. The molecule has 152 valence electrons. The van der Waals surface area contributed by atoms with Crippen molar-refractivity contribution in [3.63, 3.8) is 0 Å². The Balaban J connectivity index is 1.58. The molecule has 0 radical (unpaired) electrons. The molecule has 5 heterocycles. The number of aromatic nitrogens is 1. The first-order valence-corrected chi connectivity index (χ1v) is 11.2. The fraction of sp³-hybridized carbons (Fsp3) is 0.370. The van der Waals surface area contributed by atoms with E-state index in [2.05, 4.69) is 60.1 Å². The molecule has 30 heavy (non-hydrogen) atoms. The van der Waals surface area contributed by atoms with Gasteiger partial charge in [-0.25, -0.2) is 0 Å². The second kappa shape index (κ2) is 6.68. The summed E-state index contributed by atoms with van der Waals surface area (Å²) < 4.78 is 6.80. The van der Waals surface area contributed by atoms with Crippen LogP contribution in [-0.4, -0.2) is 35.7 Å². The lowest BCUT2D eigenvalue weighted by atomic mass is 9.65. The van der Waals surface area contributed by atoms with Crippen LogP contribution in [0.2, 0.25) is 0 Å². The Labute approximate surface area is 178 Å². The Bertz CT molecular complexity index is 1140. The number of piperidine rings is 3. The summed E-state index contributed by atoms with van der Waals surface area (Å²) in [5, 5.41) is 1.24. The normalized spacial score (nSPS) is 31.8. The van der Waals surface area contributed by atoms with Crippen LogP contribution in [0.15, 0.2) is 67.4 Å². The van der Waals surface area contributed by atoms with Gasteiger partial charge >= 0.3 is 0 Å². The predicted octanol–water partition coefficient (Wildman–Crippen LogP) is 5.30. The number of pyridine rings is 1. The summed E-state index contributed by atoms with van der Waals surface area (Å²) >= 11 is 0. The molecule has 0 unspecified atom stereocenters. The van der Waals surface area contributed by atoms with Crippen LogP contribution >= 0.6 is 0 Å². The largest absolute Gasteiger partial charge is 0.497 e. The zero-order valence-corrected chi connectivity index (χ0v) is 17.6. The molecule has 0 aliphatic carbocycles. The summed E-state index contributed by atoms with van der Waals surface area (Å²) in [6.45, 7) is 7.90. The lowest BCUT2D eigenvalue weighted by Gasteiger charge is -2.61. The number of nitrogens with zero attached hydrogens (tertiary/aromatic N) is 2. The van der Waals surface area contributed by atoms with Crippen molar-refractivity contribution in [1.82, 2.24) is 4.98 Å². The molecular formula is C27H29N2O+. The van der Waals surface area contributed by atoms with Gasteiger partial charge in [-0.3, -0.25) is 4.98 Å². The Kier molecular flexibility index (Phi) is 4.04. The maximum atomic E-state index is 5.57. The maximum absolute atomic E-state index is 5.57. The number of hydrogen-bond acceptors (Lipinski definition) is 2. The molecule has 0 amide bonds. The maximum Gasteiger partial charge on any atom is 0.119 e. The Morgan fingerprint density at radius 1 is 1.13 bits per heavy atom. The van der Waals surface area contributed by atoms with E-state index < -0.39 is 0 Å². The Morgan fingerprint density at radius 2 is 2.03 bits per heavy atom. The van der Waals surface area contributed by atoms with Crippen molar-refractivity contribution in [3.05, 3.63) is 84.1 Å². The number of methoxy groups -OCH3 is 1. The first kappa shape index (κ1) is 18.1. The van der Waals surface area contributed by atoms with Gasteiger partial charge in [0.2, 0.25) is 0 Å². The van der Waals surface area contributed by atoms with Crippen LogP contribution in [0.3, 0.4) is 0 Å². The van der Waals surface area contributed by atoms with E-state index in [0.29, 0.717) is 17.9 Å². The molecule has 3 heteroatoms. The van der Waals surface area contributed by atoms with Crippen molar-refractivity contribution in [2.45, 2.75) is 31.3 Å². The van der Waals surface area contributed by atoms with Gasteiger partial charge in [0.25, 0.3) is 0 Å². The molecule has 1 spiro atoms. The lowest BCUT2D eigenvalue weighted by molar-refractivity contribution is -0.984. The number of benzene rings is 2. The highest BCUT2D eigenvalue weighted by atomic mass is 16.5. The second-order valence-corrected chi connectivity index (χ2v) is 9.49. The van der Waals surface area contributed by atoms with Gasteiger partial charge in [-0.15, -0.1) is 6.58 Å². The van der Waals surface area contributed by atoms with Gasteiger partial charge in [-0.2, -0.15) is 0 Å². The lowest BCUT2D eigenvalue weighted by Crippen LogP contribution is -2.69. The van der Waals surface area contributed by atoms with Crippen LogP contribution in [0.25, 0.3) is 10.9 Å². The SMILES string of the molecule is C=C[C@H]1C[N@+]23CC[C@H]1C[C@@H]2[C@H](c1ccnc2ccc(OC)cc12)c1ccccc1C3. The van der Waals surface area contributed by atoms with E-state index in [0.717, 1.165) is 17.2 Å². The van der Waals surface area contributed by atoms with E-state index in [9.17, 15) is 0 Å². The molecule has 5 atom stereocenters. The minimum absolute atomic E-state index is 0.404. The van der Waals surface area contributed by atoms with Crippen molar-refractivity contribution in [2.75, 3.05) is 20.2 Å². The van der Waals surface area contributed by atoms with Gasteiger partial charge < -0.3 is 9.22 Å². The number of rotatable bonds is 3. The highest BCUT2D eigenvalue weighted by Gasteiger charge is 2.56. The molecule has 7 rings (SSSR count). The molecule has 4 aliphatic rings. The van der Waals surface area contributed by atoms with E-state index >= 15 is 0 Å². The van der Waals surface area contributed by atoms with Gasteiger partial charge in [-0.05, 0) is 41.3 Å². The predicted molar refractivity (Wildman–Crippen MR) is 120 cm³/mol. The van der Waals surface area contributed by atoms with E-state index in [1.165, 1.54) is 59.0 Å². The summed E-state index contributed by atoms with van der Waals surface area (Å²) in [6.07, 6.45) is 6.87. The highest BCUT2D eigenvalue weighted by molar-refractivity contribution is 5.84. The van der Waals surface area contributed by atoms with Crippen molar-refractivity contribution in [3.8, 4) is 5.75 Å². The minimum atomic E-state index is 0.404. The zero-order valence-electron chi connectivity index (χ0n) is 17.6. The second-order valence-electron chi connectivity index (χ2n) is 9.49. The first-order valence-electron chi connectivity index (χ1n) is 11.2. The van der Waals surface area contributed by atoms with Gasteiger partial charge in [0.1, 0.15) is 18.3 Å². The summed E-state index contributed by atoms with van der Waals surface area (Å²) in [6, 6.07) is 18.3. The molecule has 3 fully saturated rings. The van der Waals surface area contributed by atoms with Crippen LogP contribution in [0.4, 0.5) is 0 Å². The average Bonchev–Trinajstić information content (AvgIpc) is 2.81. The molecule has 0 N–H and O–H groups in total. The standard InChI is InChI=1S/C27H29N2O/c1-3-18-16-29-13-11-19(18)14-26(29)27(22-7-5-4-6-20(22)17-29)23-10-12-28-25-9-8-21(30-2)15-24(23)25/h3-10,12,15,18-19,26-27H,1,11,13-14,16-17H2,2H3/q+1/t18-,19-,26+,27-,29-/m0/s1. The third-order valence-electron chi connectivity index (χ3n) is 8.25. The van der Waals surface area contributed by atoms with Gasteiger partial charge in [0.05, 0.1) is 31.6 Å². The molecule has 3 saturated heterocycles. The molecular weight excluding hydrogens is 368 g/mol. The fourth-order valence-electron chi connectivity index (χ4n) is 6.85. The number of quaternary nitrogens is 1. The Hall–Kier alpha value is -2.65. The summed E-state index contributed by atoms with van der Waals surface area (Å²) in [5.41, 5.74) is 5.51. The van der Waals surface area contributed by atoms with Crippen LogP contribution < -0.4 is 4.74 Å². The molecule has 1 aromatic heterocycles. The smallest absolute Gasteiger partial charge is 0.119 e. The van der Waals surface area contributed by atoms with Crippen molar-refractivity contribution < 1.29 is 9.22 Å². The number of hydrogen-bond donors (Lipinski definition) is 0. The van der Waals surface area contributed by atoms with Crippen LogP contribution in [0, 0.1) is 11.8 Å². The highest BCUT2D eigenvalue weighted by Crippen LogP contribution is 2.53. The van der Waals surface area contributed by atoms with Crippen LogP contribution in [0.5, 0.6) is 5.75 Å². The topological polar surface area (TPSA) is 22.1 Å². The van der Waals surface area contributed by atoms with Gasteiger partial charge in [-0.1, -0.05) is 30.3 Å². The molecule has 2 bridgehead atoms. The van der Waals surface area contributed by atoms with Crippen molar-refractivity contribution in [1.29, 1.82) is 0 Å². The van der Waals surface area contributed by atoms with E-state index in [4.69, 9.17) is 4.74 Å². The van der Waals surface area contributed by atoms with E-state index in [1.54, 1.807) is 7.11 Å². The third-order valence-corrected chi connectivity index (χ3v) is 8.25. The van der Waals surface area contributed by atoms with E-state index in [1.807, 2.05) is 12.3 Å². The van der Waals surface area contributed by atoms with Crippen LogP contribution in [0.1, 0.15) is 35.4 Å². The van der Waals surface area contributed by atoms with E-state index in [-0.39, 0.29) is 0 Å². The molecule has 4 aliphatic heterocycles. The molecule has 2 aromatic carbocycles. The Morgan fingerprint density at radius 3 is 2.90 bits per heavy atom. The van der Waals surface area contributed by atoms with Crippen molar-refractivity contribution in [2.24, 2.45) is 11.8 Å². The first-order chi connectivity index (χ1) is 14.7. The summed E-state index contributed by atoms with van der Waals surface area (Å²) in [7, 11) is 1.74. The van der Waals surface area contributed by atoms with Gasteiger partial charge in [0, 0.05) is 35.9 Å². The van der Waals surface area contributed by atoms with Crippen LogP contribution in [-0.2, 0) is 6.54 Å². The number of ether oxygens (including phenoxy) is 1. The minimum Gasteiger partial charge on any atom is -0.497 e. The van der Waals surface area contributed by atoms with Crippen molar-refractivity contribution >= 4 is 10.9 Å². The average molecular weight is 398 g/mol.